The number of hydrogen-bond acceptors (Lipinski definition) is 2. The minimum Gasteiger partial charge on any atom is -0.295 e. The van der Waals surface area contributed by atoms with Crippen LogP contribution in [0.4, 0.5) is 0 Å². The fourth-order valence-electron chi connectivity index (χ4n) is 1.50. The van der Waals surface area contributed by atoms with Gasteiger partial charge in [-0.25, -0.2) is 0 Å². The third-order valence-electron chi connectivity index (χ3n) is 2.59. The zero-order valence-corrected chi connectivity index (χ0v) is 9.62. The highest BCUT2D eigenvalue weighted by atomic mass is 14.9. The molecule has 0 aliphatic heterocycles. The van der Waals surface area contributed by atoms with Crippen molar-refractivity contribution in [2.75, 3.05) is 0 Å². The molecule has 1 rings (SSSR count). The van der Waals surface area contributed by atoms with Gasteiger partial charge in [-0.05, 0) is 25.8 Å². The molecule has 2 nitrogen and oxygen atoms in total. The standard InChI is InChI=1S/C13H18N2/c1-4-13(9-14)15-11(3)12-7-5-10(2)6-8-12/h5-8,11,13,15H,4H2,1-3H3. The van der Waals surface area contributed by atoms with Gasteiger partial charge in [-0.15, -0.1) is 0 Å². The summed E-state index contributed by atoms with van der Waals surface area (Å²) in [5, 5.41) is 12.1. The van der Waals surface area contributed by atoms with Gasteiger partial charge < -0.3 is 0 Å². The minimum atomic E-state index is -0.0543. The van der Waals surface area contributed by atoms with E-state index >= 15 is 0 Å². The summed E-state index contributed by atoms with van der Waals surface area (Å²) in [6, 6.07) is 10.8. The second-order valence-corrected chi connectivity index (χ2v) is 3.89. The van der Waals surface area contributed by atoms with Gasteiger partial charge in [-0.1, -0.05) is 36.8 Å². The lowest BCUT2D eigenvalue weighted by molar-refractivity contribution is 0.508. The Labute approximate surface area is 91.9 Å². The van der Waals surface area contributed by atoms with Crippen LogP contribution in [0.1, 0.15) is 37.4 Å². The Kier molecular flexibility index (Phi) is 4.33. The van der Waals surface area contributed by atoms with E-state index in [-0.39, 0.29) is 12.1 Å². The number of benzene rings is 1. The van der Waals surface area contributed by atoms with E-state index in [1.165, 1.54) is 11.1 Å². The third-order valence-corrected chi connectivity index (χ3v) is 2.59. The van der Waals surface area contributed by atoms with Gasteiger partial charge in [0.15, 0.2) is 0 Å². The number of aryl methyl sites for hydroxylation is 1. The highest BCUT2D eigenvalue weighted by Crippen LogP contribution is 2.14. The summed E-state index contributed by atoms with van der Waals surface area (Å²) >= 11 is 0. The van der Waals surface area contributed by atoms with Gasteiger partial charge >= 0.3 is 0 Å². The Morgan fingerprint density at radius 2 is 1.93 bits per heavy atom. The Bertz CT molecular complexity index is 335. The lowest BCUT2D eigenvalue weighted by atomic mass is 10.1. The number of hydrogen-bond donors (Lipinski definition) is 1. The van der Waals surface area contributed by atoms with E-state index in [9.17, 15) is 0 Å². The van der Waals surface area contributed by atoms with E-state index in [4.69, 9.17) is 5.26 Å². The average molecular weight is 202 g/mol. The van der Waals surface area contributed by atoms with Crippen molar-refractivity contribution in [1.82, 2.24) is 5.32 Å². The second-order valence-electron chi connectivity index (χ2n) is 3.89. The molecule has 0 spiro atoms. The first-order valence-corrected chi connectivity index (χ1v) is 5.39. The van der Waals surface area contributed by atoms with Crippen LogP contribution < -0.4 is 5.32 Å². The van der Waals surface area contributed by atoms with Gasteiger partial charge in [0.05, 0.1) is 12.1 Å². The van der Waals surface area contributed by atoms with Crippen LogP contribution in [0.3, 0.4) is 0 Å². The molecule has 1 aromatic rings. The largest absolute Gasteiger partial charge is 0.295 e. The molecule has 0 saturated heterocycles. The Balaban J connectivity index is 2.65. The number of nitriles is 1. The van der Waals surface area contributed by atoms with Gasteiger partial charge in [0.25, 0.3) is 0 Å². The highest BCUT2D eigenvalue weighted by molar-refractivity contribution is 5.23. The van der Waals surface area contributed by atoms with Crippen LogP contribution >= 0.6 is 0 Å². The van der Waals surface area contributed by atoms with Crippen molar-refractivity contribution < 1.29 is 0 Å². The summed E-state index contributed by atoms with van der Waals surface area (Å²) in [6.07, 6.45) is 0.840. The van der Waals surface area contributed by atoms with Crippen molar-refractivity contribution in [2.45, 2.75) is 39.3 Å². The first-order chi connectivity index (χ1) is 7.17. The molecule has 2 unspecified atom stereocenters. The summed E-state index contributed by atoms with van der Waals surface area (Å²) in [4.78, 5) is 0. The quantitative estimate of drug-likeness (QED) is 0.814. The Morgan fingerprint density at radius 1 is 1.33 bits per heavy atom. The molecule has 1 N–H and O–H groups in total. The summed E-state index contributed by atoms with van der Waals surface area (Å²) in [5.74, 6) is 0. The number of nitrogens with one attached hydrogen (secondary N) is 1. The lowest BCUT2D eigenvalue weighted by Crippen LogP contribution is -2.29. The van der Waals surface area contributed by atoms with E-state index in [0.29, 0.717) is 0 Å². The van der Waals surface area contributed by atoms with Crippen molar-refractivity contribution in [1.29, 1.82) is 5.26 Å². The van der Waals surface area contributed by atoms with Crippen molar-refractivity contribution in [3.63, 3.8) is 0 Å². The van der Waals surface area contributed by atoms with Gasteiger partial charge in [-0.2, -0.15) is 5.26 Å². The maximum Gasteiger partial charge on any atom is 0.0954 e. The first-order valence-electron chi connectivity index (χ1n) is 5.39. The molecule has 0 saturated carbocycles. The lowest BCUT2D eigenvalue weighted by Gasteiger charge is -2.17. The van der Waals surface area contributed by atoms with Crippen molar-refractivity contribution in [2.24, 2.45) is 0 Å². The number of rotatable bonds is 4. The zero-order chi connectivity index (χ0) is 11.3. The molecule has 2 atom stereocenters. The molecule has 2 heteroatoms. The molecule has 0 radical (unpaired) electrons. The van der Waals surface area contributed by atoms with Gasteiger partial charge in [0, 0.05) is 6.04 Å². The van der Waals surface area contributed by atoms with Crippen molar-refractivity contribution >= 4 is 0 Å². The Morgan fingerprint density at radius 3 is 2.40 bits per heavy atom. The smallest absolute Gasteiger partial charge is 0.0954 e. The molecule has 0 aromatic heterocycles. The fraction of sp³-hybridized carbons (Fsp3) is 0.462. The fourth-order valence-corrected chi connectivity index (χ4v) is 1.50. The normalized spacial score (nSPS) is 14.3. The van der Waals surface area contributed by atoms with Crippen LogP contribution in [-0.2, 0) is 0 Å². The zero-order valence-electron chi connectivity index (χ0n) is 9.62. The van der Waals surface area contributed by atoms with Crippen LogP contribution in [0.15, 0.2) is 24.3 Å². The van der Waals surface area contributed by atoms with Crippen LogP contribution in [-0.4, -0.2) is 6.04 Å². The third kappa shape index (κ3) is 3.38. The first kappa shape index (κ1) is 11.7. The second kappa shape index (κ2) is 5.53. The van der Waals surface area contributed by atoms with E-state index < -0.39 is 0 Å². The SMILES string of the molecule is CCC(C#N)NC(C)c1ccc(C)cc1. The molecule has 0 heterocycles. The summed E-state index contributed by atoms with van der Waals surface area (Å²) in [6.45, 7) is 6.18. The minimum absolute atomic E-state index is 0.0543. The molecule has 0 fully saturated rings. The average Bonchev–Trinajstić information content (AvgIpc) is 2.26. The predicted octanol–water partition coefficient (Wildman–Crippen LogP) is 2.95. The van der Waals surface area contributed by atoms with E-state index in [1.54, 1.807) is 0 Å². The molecular weight excluding hydrogens is 184 g/mol. The molecule has 80 valence electrons. The molecule has 0 aliphatic carbocycles. The molecule has 0 aliphatic rings. The van der Waals surface area contributed by atoms with Crippen LogP contribution in [0.25, 0.3) is 0 Å². The molecular formula is C13H18N2. The maximum absolute atomic E-state index is 8.85. The molecule has 0 amide bonds. The van der Waals surface area contributed by atoms with Crippen LogP contribution in [0, 0.1) is 18.3 Å². The molecule has 0 bridgehead atoms. The van der Waals surface area contributed by atoms with E-state index in [0.717, 1.165) is 6.42 Å². The van der Waals surface area contributed by atoms with E-state index in [1.807, 2.05) is 6.92 Å². The monoisotopic (exact) mass is 202 g/mol. The van der Waals surface area contributed by atoms with Crippen LogP contribution in [0.2, 0.25) is 0 Å². The van der Waals surface area contributed by atoms with Gasteiger partial charge in [0.2, 0.25) is 0 Å². The van der Waals surface area contributed by atoms with Crippen LogP contribution in [0.5, 0.6) is 0 Å². The highest BCUT2D eigenvalue weighted by Gasteiger charge is 2.10. The number of nitrogens with zero attached hydrogens (tertiary/aromatic N) is 1. The summed E-state index contributed by atoms with van der Waals surface area (Å²) in [5.41, 5.74) is 2.49. The maximum atomic E-state index is 8.85. The van der Waals surface area contributed by atoms with Gasteiger partial charge in [0.1, 0.15) is 0 Å². The molecule has 1 aromatic carbocycles. The molecule has 15 heavy (non-hydrogen) atoms. The van der Waals surface area contributed by atoms with Crippen molar-refractivity contribution in [3.05, 3.63) is 35.4 Å². The van der Waals surface area contributed by atoms with Crippen molar-refractivity contribution in [3.8, 4) is 6.07 Å². The van der Waals surface area contributed by atoms with Gasteiger partial charge in [-0.3, -0.25) is 5.32 Å². The topological polar surface area (TPSA) is 35.8 Å². The summed E-state index contributed by atoms with van der Waals surface area (Å²) < 4.78 is 0. The predicted molar refractivity (Wildman–Crippen MR) is 62.4 cm³/mol. The summed E-state index contributed by atoms with van der Waals surface area (Å²) in [7, 11) is 0. The van der Waals surface area contributed by atoms with E-state index in [2.05, 4.69) is 49.5 Å². The Hall–Kier alpha value is -1.33.